The summed E-state index contributed by atoms with van der Waals surface area (Å²) >= 11 is 3.01. The molecule has 0 radical (unpaired) electrons. The molecule has 1 aromatic rings. The first-order valence-corrected chi connectivity index (χ1v) is 4.83. The molecule has 84 valence electrons. The number of alkyl halides is 3. The van der Waals surface area contributed by atoms with Crippen molar-refractivity contribution in [1.29, 1.82) is 0 Å². The van der Waals surface area contributed by atoms with E-state index in [4.69, 9.17) is 10.5 Å². The van der Waals surface area contributed by atoms with Gasteiger partial charge in [-0.3, -0.25) is 0 Å². The number of benzene rings is 1. The molecule has 2 nitrogen and oxygen atoms in total. The molecule has 0 aliphatic rings. The van der Waals surface area contributed by atoms with Crippen LogP contribution in [0.1, 0.15) is 11.1 Å². The second kappa shape index (κ2) is 4.40. The van der Waals surface area contributed by atoms with Gasteiger partial charge in [-0.1, -0.05) is 0 Å². The lowest BCUT2D eigenvalue weighted by Crippen LogP contribution is -2.10. The quantitative estimate of drug-likeness (QED) is 0.906. The highest BCUT2D eigenvalue weighted by molar-refractivity contribution is 9.10. The van der Waals surface area contributed by atoms with Crippen LogP contribution in [0.4, 0.5) is 13.2 Å². The Morgan fingerprint density at radius 3 is 2.40 bits per heavy atom. The van der Waals surface area contributed by atoms with Crippen LogP contribution in [0.2, 0.25) is 0 Å². The minimum Gasteiger partial charge on any atom is -0.495 e. The molecule has 0 aliphatic heterocycles. The summed E-state index contributed by atoms with van der Waals surface area (Å²) in [4.78, 5) is 0. The van der Waals surface area contributed by atoms with Gasteiger partial charge < -0.3 is 10.5 Å². The zero-order valence-corrected chi connectivity index (χ0v) is 9.45. The molecule has 6 heteroatoms. The van der Waals surface area contributed by atoms with Gasteiger partial charge in [0.05, 0.1) is 17.1 Å². The van der Waals surface area contributed by atoms with Crippen molar-refractivity contribution in [2.24, 2.45) is 5.73 Å². The van der Waals surface area contributed by atoms with Crippen molar-refractivity contribution in [1.82, 2.24) is 0 Å². The average Bonchev–Trinajstić information content (AvgIpc) is 2.15. The minimum atomic E-state index is -4.45. The van der Waals surface area contributed by atoms with E-state index in [0.717, 1.165) is 6.07 Å². The molecule has 0 fully saturated rings. The molecule has 0 aromatic heterocycles. The third kappa shape index (κ3) is 2.63. The Labute approximate surface area is 93.3 Å². The summed E-state index contributed by atoms with van der Waals surface area (Å²) in [6.45, 7) is 0.0473. The molecule has 2 N–H and O–H groups in total. The SMILES string of the molecule is COc1c(Br)cc(CN)cc1C(F)(F)F. The first-order chi connectivity index (χ1) is 6.90. The second-order valence-electron chi connectivity index (χ2n) is 2.86. The summed E-state index contributed by atoms with van der Waals surface area (Å²) < 4.78 is 42.7. The van der Waals surface area contributed by atoms with Gasteiger partial charge >= 0.3 is 6.18 Å². The fraction of sp³-hybridized carbons (Fsp3) is 0.333. The summed E-state index contributed by atoms with van der Waals surface area (Å²) in [5.74, 6) is -0.222. The first kappa shape index (κ1) is 12.3. The predicted octanol–water partition coefficient (Wildman–Crippen LogP) is 2.94. The lowest BCUT2D eigenvalue weighted by molar-refractivity contribution is -0.138. The molecule has 1 aromatic carbocycles. The molecule has 0 unspecified atom stereocenters. The Morgan fingerprint density at radius 1 is 1.40 bits per heavy atom. The van der Waals surface area contributed by atoms with Gasteiger partial charge in [-0.25, -0.2) is 0 Å². The maximum Gasteiger partial charge on any atom is 0.420 e. The lowest BCUT2D eigenvalue weighted by atomic mass is 10.1. The van der Waals surface area contributed by atoms with Crippen LogP contribution >= 0.6 is 15.9 Å². The normalized spacial score (nSPS) is 11.6. The summed E-state index contributed by atoms with van der Waals surface area (Å²) in [6.07, 6.45) is -4.45. The van der Waals surface area contributed by atoms with Crippen LogP contribution in [0.25, 0.3) is 0 Å². The Morgan fingerprint density at radius 2 is 2.00 bits per heavy atom. The maximum atomic E-state index is 12.6. The Hall–Kier alpha value is -0.750. The highest BCUT2D eigenvalue weighted by Crippen LogP contribution is 2.40. The van der Waals surface area contributed by atoms with Gasteiger partial charge in [0, 0.05) is 6.54 Å². The number of nitrogens with two attached hydrogens (primary N) is 1. The van der Waals surface area contributed by atoms with Gasteiger partial charge in [-0.05, 0) is 33.6 Å². The monoisotopic (exact) mass is 283 g/mol. The topological polar surface area (TPSA) is 35.2 Å². The fourth-order valence-corrected chi connectivity index (χ4v) is 1.85. The Balaban J connectivity index is 3.39. The molecular formula is C9H9BrF3NO. The van der Waals surface area contributed by atoms with Crippen LogP contribution in [0.15, 0.2) is 16.6 Å². The summed E-state index contributed by atoms with van der Waals surface area (Å²) in [5.41, 5.74) is 4.87. The molecule has 0 saturated heterocycles. The van der Waals surface area contributed by atoms with E-state index in [0.29, 0.717) is 5.56 Å². The largest absolute Gasteiger partial charge is 0.495 e. The molecular weight excluding hydrogens is 275 g/mol. The lowest BCUT2D eigenvalue weighted by Gasteiger charge is -2.14. The summed E-state index contributed by atoms with van der Waals surface area (Å²) in [6, 6.07) is 2.50. The van der Waals surface area contributed by atoms with Gasteiger partial charge in [0.25, 0.3) is 0 Å². The van der Waals surface area contributed by atoms with Crippen molar-refractivity contribution in [3.8, 4) is 5.75 Å². The fourth-order valence-electron chi connectivity index (χ4n) is 1.19. The zero-order chi connectivity index (χ0) is 11.6. The number of hydrogen-bond acceptors (Lipinski definition) is 2. The van der Waals surface area contributed by atoms with Crippen molar-refractivity contribution >= 4 is 15.9 Å². The van der Waals surface area contributed by atoms with E-state index in [1.807, 2.05) is 0 Å². The van der Waals surface area contributed by atoms with Crippen LogP contribution in [0.5, 0.6) is 5.75 Å². The van der Waals surface area contributed by atoms with Crippen LogP contribution in [-0.4, -0.2) is 7.11 Å². The van der Waals surface area contributed by atoms with E-state index in [1.54, 1.807) is 0 Å². The first-order valence-electron chi connectivity index (χ1n) is 4.03. The van der Waals surface area contributed by atoms with Gasteiger partial charge in [-0.2, -0.15) is 13.2 Å². The molecule has 0 saturated carbocycles. The predicted molar refractivity (Wildman–Crippen MR) is 53.6 cm³/mol. The Kier molecular flexibility index (Phi) is 3.62. The van der Waals surface area contributed by atoms with E-state index in [-0.39, 0.29) is 16.8 Å². The van der Waals surface area contributed by atoms with Gasteiger partial charge in [0.1, 0.15) is 5.75 Å². The third-order valence-electron chi connectivity index (χ3n) is 1.85. The van der Waals surface area contributed by atoms with Crippen molar-refractivity contribution in [2.75, 3.05) is 7.11 Å². The number of ether oxygens (including phenoxy) is 1. The van der Waals surface area contributed by atoms with E-state index < -0.39 is 11.7 Å². The molecule has 1 rings (SSSR count). The smallest absolute Gasteiger partial charge is 0.420 e. The second-order valence-corrected chi connectivity index (χ2v) is 3.71. The zero-order valence-electron chi connectivity index (χ0n) is 7.86. The highest BCUT2D eigenvalue weighted by Gasteiger charge is 2.35. The summed E-state index contributed by atoms with van der Waals surface area (Å²) in [7, 11) is 1.19. The molecule has 0 amide bonds. The average molecular weight is 284 g/mol. The van der Waals surface area contributed by atoms with E-state index in [9.17, 15) is 13.2 Å². The van der Waals surface area contributed by atoms with Crippen molar-refractivity contribution in [3.05, 3.63) is 27.7 Å². The van der Waals surface area contributed by atoms with Crippen LogP contribution in [0.3, 0.4) is 0 Å². The van der Waals surface area contributed by atoms with E-state index >= 15 is 0 Å². The Bertz CT molecular complexity index is 365. The highest BCUT2D eigenvalue weighted by atomic mass is 79.9. The number of hydrogen-bond donors (Lipinski definition) is 1. The van der Waals surface area contributed by atoms with E-state index in [2.05, 4.69) is 15.9 Å². The standard InChI is InChI=1S/C9H9BrF3NO/c1-15-8-6(9(11,12)13)2-5(4-14)3-7(8)10/h2-3H,4,14H2,1H3. The van der Waals surface area contributed by atoms with Crippen molar-refractivity contribution < 1.29 is 17.9 Å². The van der Waals surface area contributed by atoms with Crippen molar-refractivity contribution in [3.63, 3.8) is 0 Å². The van der Waals surface area contributed by atoms with Crippen LogP contribution in [-0.2, 0) is 12.7 Å². The number of rotatable bonds is 2. The van der Waals surface area contributed by atoms with Crippen molar-refractivity contribution in [2.45, 2.75) is 12.7 Å². The minimum absolute atomic E-state index is 0.0473. The summed E-state index contributed by atoms with van der Waals surface area (Å²) in [5, 5.41) is 0. The maximum absolute atomic E-state index is 12.6. The molecule has 0 bridgehead atoms. The molecule has 0 aliphatic carbocycles. The van der Waals surface area contributed by atoms with Gasteiger partial charge in [0.2, 0.25) is 0 Å². The van der Waals surface area contributed by atoms with Crippen LogP contribution in [0, 0.1) is 0 Å². The molecule has 0 atom stereocenters. The number of methoxy groups -OCH3 is 1. The molecule has 0 spiro atoms. The van der Waals surface area contributed by atoms with Crippen LogP contribution < -0.4 is 10.5 Å². The molecule has 15 heavy (non-hydrogen) atoms. The third-order valence-corrected chi connectivity index (χ3v) is 2.44. The van der Waals surface area contributed by atoms with Gasteiger partial charge in [0.15, 0.2) is 0 Å². The van der Waals surface area contributed by atoms with Gasteiger partial charge in [-0.15, -0.1) is 0 Å². The van der Waals surface area contributed by atoms with E-state index in [1.165, 1.54) is 13.2 Å². The number of halogens is 4. The molecule has 0 heterocycles.